The third-order valence-corrected chi connectivity index (χ3v) is 4.19. The number of aryl methyl sites for hydroxylation is 1. The number of hydrogen-bond acceptors (Lipinski definition) is 3. The monoisotopic (exact) mass is 373 g/mol. The van der Waals surface area contributed by atoms with Crippen LogP contribution < -0.4 is 5.32 Å². The van der Waals surface area contributed by atoms with Crippen LogP contribution in [0.15, 0.2) is 48.5 Å². The molecule has 26 heavy (non-hydrogen) atoms. The Hall–Kier alpha value is -2.33. The Morgan fingerprint density at radius 2 is 1.69 bits per heavy atom. The molecule has 0 fully saturated rings. The number of esters is 1. The summed E-state index contributed by atoms with van der Waals surface area (Å²) in [5.74, 6) is -0.406. The molecule has 0 aliphatic carbocycles. The van der Waals surface area contributed by atoms with Crippen molar-refractivity contribution in [2.24, 2.45) is 0 Å². The fourth-order valence-corrected chi connectivity index (χ4v) is 2.55. The molecule has 2 aromatic carbocycles. The highest BCUT2D eigenvalue weighted by Crippen LogP contribution is 2.13. The van der Waals surface area contributed by atoms with Crippen molar-refractivity contribution < 1.29 is 14.3 Å². The molecule has 0 aliphatic heterocycles. The molecule has 0 spiro atoms. The standard InChI is InChI=1S/C21H24ClNO3/c1-2-3-4-15-26-21(25)17-8-12-19(13-9-17)23-20(24)14-7-16-5-10-18(22)11-6-16/h5-6,8-13H,2-4,7,14-15H2,1H3,(H,23,24). The number of ether oxygens (including phenoxy) is 1. The zero-order chi connectivity index (χ0) is 18.8. The summed E-state index contributed by atoms with van der Waals surface area (Å²) in [5, 5.41) is 3.52. The van der Waals surface area contributed by atoms with Crippen LogP contribution in [0.3, 0.4) is 0 Å². The summed E-state index contributed by atoms with van der Waals surface area (Å²) < 4.78 is 5.21. The van der Waals surface area contributed by atoms with E-state index in [1.165, 1.54) is 0 Å². The minimum Gasteiger partial charge on any atom is -0.462 e. The summed E-state index contributed by atoms with van der Waals surface area (Å²) in [6.07, 6.45) is 4.04. The van der Waals surface area contributed by atoms with Gasteiger partial charge in [0.15, 0.2) is 0 Å². The number of nitrogens with one attached hydrogen (secondary N) is 1. The van der Waals surface area contributed by atoms with Gasteiger partial charge in [0.1, 0.15) is 0 Å². The third kappa shape index (κ3) is 6.89. The summed E-state index contributed by atoms with van der Waals surface area (Å²) in [6, 6.07) is 14.2. The van der Waals surface area contributed by atoms with Crippen molar-refractivity contribution in [3.8, 4) is 0 Å². The highest BCUT2D eigenvalue weighted by Gasteiger charge is 2.08. The predicted octanol–water partition coefficient (Wildman–Crippen LogP) is 5.26. The molecular formula is C21H24ClNO3. The van der Waals surface area contributed by atoms with Gasteiger partial charge in [0.2, 0.25) is 5.91 Å². The highest BCUT2D eigenvalue weighted by molar-refractivity contribution is 6.30. The SMILES string of the molecule is CCCCCOC(=O)c1ccc(NC(=O)CCc2ccc(Cl)cc2)cc1. The minimum atomic E-state index is -0.332. The topological polar surface area (TPSA) is 55.4 Å². The summed E-state index contributed by atoms with van der Waals surface area (Å²) in [5.41, 5.74) is 2.21. The van der Waals surface area contributed by atoms with Crippen LogP contribution in [0.25, 0.3) is 0 Å². The second-order valence-corrected chi connectivity index (χ2v) is 6.53. The predicted molar refractivity (Wildman–Crippen MR) is 105 cm³/mol. The first-order valence-corrected chi connectivity index (χ1v) is 9.27. The van der Waals surface area contributed by atoms with Crippen LogP contribution in [0.2, 0.25) is 5.02 Å². The quantitative estimate of drug-likeness (QED) is 0.482. The summed E-state index contributed by atoms with van der Waals surface area (Å²) >= 11 is 5.85. The van der Waals surface area contributed by atoms with Crippen LogP contribution in [-0.4, -0.2) is 18.5 Å². The van der Waals surface area contributed by atoms with Crippen LogP contribution in [-0.2, 0) is 16.0 Å². The lowest BCUT2D eigenvalue weighted by molar-refractivity contribution is -0.116. The van der Waals surface area contributed by atoms with Gasteiger partial charge in [0.25, 0.3) is 0 Å². The number of anilines is 1. The Kier molecular flexibility index (Phi) is 8.16. The van der Waals surface area contributed by atoms with E-state index < -0.39 is 0 Å². The van der Waals surface area contributed by atoms with Gasteiger partial charge in [-0.15, -0.1) is 0 Å². The van der Waals surface area contributed by atoms with Gasteiger partial charge in [-0.2, -0.15) is 0 Å². The maximum absolute atomic E-state index is 12.0. The molecule has 0 saturated carbocycles. The van der Waals surface area contributed by atoms with E-state index in [1.54, 1.807) is 24.3 Å². The Bertz CT molecular complexity index is 711. The Morgan fingerprint density at radius 1 is 1.00 bits per heavy atom. The molecule has 0 saturated heterocycles. The number of benzene rings is 2. The van der Waals surface area contributed by atoms with E-state index in [9.17, 15) is 9.59 Å². The van der Waals surface area contributed by atoms with E-state index in [2.05, 4.69) is 12.2 Å². The molecule has 138 valence electrons. The van der Waals surface area contributed by atoms with Crippen molar-refractivity contribution in [1.29, 1.82) is 0 Å². The highest BCUT2D eigenvalue weighted by atomic mass is 35.5. The van der Waals surface area contributed by atoms with Gasteiger partial charge in [0, 0.05) is 17.1 Å². The Balaban J connectivity index is 1.77. The van der Waals surface area contributed by atoms with Gasteiger partial charge >= 0.3 is 5.97 Å². The van der Waals surface area contributed by atoms with Crippen molar-refractivity contribution >= 4 is 29.2 Å². The molecule has 0 radical (unpaired) electrons. The average Bonchev–Trinajstić information content (AvgIpc) is 2.65. The zero-order valence-electron chi connectivity index (χ0n) is 15.0. The molecule has 0 unspecified atom stereocenters. The van der Waals surface area contributed by atoms with Gasteiger partial charge < -0.3 is 10.1 Å². The van der Waals surface area contributed by atoms with E-state index in [0.29, 0.717) is 35.7 Å². The fraction of sp³-hybridized carbons (Fsp3) is 0.333. The van der Waals surface area contributed by atoms with Crippen LogP contribution >= 0.6 is 11.6 Å². The van der Waals surface area contributed by atoms with Gasteiger partial charge in [-0.25, -0.2) is 4.79 Å². The first kappa shape index (κ1) is 20.0. The lowest BCUT2D eigenvalue weighted by Gasteiger charge is -2.07. The molecule has 0 aliphatic rings. The molecule has 1 N–H and O–H groups in total. The van der Waals surface area contributed by atoms with Crippen LogP contribution in [0.5, 0.6) is 0 Å². The lowest BCUT2D eigenvalue weighted by Crippen LogP contribution is -2.12. The molecule has 0 aromatic heterocycles. The molecule has 0 heterocycles. The maximum atomic E-state index is 12.0. The van der Waals surface area contributed by atoms with E-state index in [-0.39, 0.29) is 11.9 Å². The first-order valence-electron chi connectivity index (χ1n) is 8.90. The van der Waals surface area contributed by atoms with Crippen LogP contribution in [0.1, 0.15) is 48.5 Å². The Morgan fingerprint density at radius 3 is 2.35 bits per heavy atom. The molecule has 0 bridgehead atoms. The number of carbonyl (C=O) groups excluding carboxylic acids is 2. The normalized spacial score (nSPS) is 10.4. The number of unbranched alkanes of at least 4 members (excludes halogenated alkanes) is 2. The number of carbonyl (C=O) groups is 2. The fourth-order valence-electron chi connectivity index (χ4n) is 2.42. The van der Waals surface area contributed by atoms with Gasteiger partial charge in [-0.1, -0.05) is 43.5 Å². The first-order chi connectivity index (χ1) is 12.6. The molecule has 5 heteroatoms. The molecule has 1 amide bonds. The molecule has 4 nitrogen and oxygen atoms in total. The molecule has 2 rings (SSSR count). The van der Waals surface area contributed by atoms with Crippen LogP contribution in [0, 0.1) is 0 Å². The lowest BCUT2D eigenvalue weighted by atomic mass is 10.1. The van der Waals surface area contributed by atoms with Crippen molar-refractivity contribution in [2.75, 3.05) is 11.9 Å². The minimum absolute atomic E-state index is 0.0742. The van der Waals surface area contributed by atoms with Crippen molar-refractivity contribution in [1.82, 2.24) is 0 Å². The van der Waals surface area contributed by atoms with Crippen molar-refractivity contribution in [3.63, 3.8) is 0 Å². The van der Waals surface area contributed by atoms with E-state index in [0.717, 1.165) is 24.8 Å². The van der Waals surface area contributed by atoms with Gasteiger partial charge in [0.05, 0.1) is 12.2 Å². The molecule has 0 atom stereocenters. The Labute approximate surface area is 159 Å². The number of amides is 1. The number of halogens is 1. The van der Waals surface area contributed by atoms with Crippen LogP contribution in [0.4, 0.5) is 5.69 Å². The van der Waals surface area contributed by atoms with E-state index in [1.807, 2.05) is 24.3 Å². The smallest absolute Gasteiger partial charge is 0.338 e. The van der Waals surface area contributed by atoms with E-state index >= 15 is 0 Å². The van der Waals surface area contributed by atoms with Gasteiger partial charge in [-0.05, 0) is 54.8 Å². The van der Waals surface area contributed by atoms with E-state index in [4.69, 9.17) is 16.3 Å². The second-order valence-electron chi connectivity index (χ2n) is 6.10. The summed E-state index contributed by atoms with van der Waals surface area (Å²) in [7, 11) is 0. The largest absolute Gasteiger partial charge is 0.462 e. The molecular weight excluding hydrogens is 350 g/mol. The second kappa shape index (κ2) is 10.6. The van der Waals surface area contributed by atoms with Crippen molar-refractivity contribution in [3.05, 3.63) is 64.7 Å². The van der Waals surface area contributed by atoms with Crippen molar-refractivity contribution in [2.45, 2.75) is 39.0 Å². The molecule has 2 aromatic rings. The third-order valence-electron chi connectivity index (χ3n) is 3.94. The summed E-state index contributed by atoms with van der Waals surface area (Å²) in [6.45, 7) is 2.54. The average molecular weight is 374 g/mol. The zero-order valence-corrected chi connectivity index (χ0v) is 15.7. The van der Waals surface area contributed by atoms with Gasteiger partial charge in [-0.3, -0.25) is 4.79 Å². The maximum Gasteiger partial charge on any atom is 0.338 e. The number of rotatable bonds is 9. The summed E-state index contributed by atoms with van der Waals surface area (Å²) in [4.78, 5) is 24.0. The number of hydrogen-bond donors (Lipinski definition) is 1.